The molecule has 0 atom stereocenters. The maximum Gasteiger partial charge on any atom is 0.164 e. The van der Waals surface area contributed by atoms with Crippen molar-refractivity contribution < 1.29 is 23.7 Å². The van der Waals surface area contributed by atoms with Gasteiger partial charge in [-0.25, -0.2) is 0 Å². The smallest absolute Gasteiger partial charge is 0.164 e. The molecule has 0 saturated carbocycles. The highest BCUT2D eigenvalue weighted by Crippen LogP contribution is 2.50. The van der Waals surface area contributed by atoms with E-state index in [1.807, 2.05) is 206 Å². The second-order valence-electron chi connectivity index (χ2n) is 32.2. The van der Waals surface area contributed by atoms with Crippen molar-refractivity contribution in [1.82, 2.24) is 0 Å². The maximum atomic E-state index is 6.64. The third kappa shape index (κ3) is 22.8. The molecule has 0 aliphatic rings. The van der Waals surface area contributed by atoms with Crippen molar-refractivity contribution >= 4 is 68.2 Å². The Morgan fingerprint density at radius 3 is 0.659 bits per heavy atom. The van der Waals surface area contributed by atoms with E-state index in [0.717, 1.165) is 130 Å². The summed E-state index contributed by atoms with van der Waals surface area (Å²) in [5, 5.41) is 0. The van der Waals surface area contributed by atoms with Gasteiger partial charge in [0.2, 0.25) is 0 Å². The first-order chi connectivity index (χ1) is 68.0. The zero-order chi connectivity index (χ0) is 95.2. The van der Waals surface area contributed by atoms with Crippen LogP contribution in [-0.2, 0) is 0 Å². The summed E-state index contributed by atoms with van der Waals surface area (Å²) in [5.74, 6) is 25.4. The normalized spacial score (nSPS) is 10.4. The van der Waals surface area contributed by atoms with Gasteiger partial charge in [-0.3, -0.25) is 0 Å². The van der Waals surface area contributed by atoms with E-state index >= 15 is 0 Å². The van der Waals surface area contributed by atoms with Crippen LogP contribution in [0.25, 0.3) is 66.8 Å². The summed E-state index contributed by atoms with van der Waals surface area (Å²) in [6, 6.07) is 144. The minimum Gasteiger partial charge on any atom is -0.455 e. The van der Waals surface area contributed by atoms with E-state index in [1.54, 1.807) is 0 Å². The lowest BCUT2D eigenvalue weighted by atomic mass is 9.93. The molecule has 0 N–H and O–H groups in total. The van der Waals surface area contributed by atoms with Crippen molar-refractivity contribution in [2.75, 3.05) is 68.7 Å². The number of hydrogen-bond donors (Lipinski definition) is 0. The molecule has 138 heavy (non-hydrogen) atoms. The van der Waals surface area contributed by atoms with E-state index in [9.17, 15) is 0 Å². The second-order valence-corrected chi connectivity index (χ2v) is 32.2. The van der Waals surface area contributed by atoms with Crippen LogP contribution in [0.1, 0.15) is 47.1 Å². The number of hydrogen-bond acceptors (Lipinski definition) is 11. The zero-order valence-corrected chi connectivity index (χ0v) is 78.5. The molecule has 17 rings (SSSR count). The second kappa shape index (κ2) is 46.3. The molecule has 0 heterocycles. The summed E-state index contributed by atoms with van der Waals surface area (Å²) < 4.78 is 32.2. The molecule has 672 valence electrons. The average molecular weight is 1790 g/mol. The number of anilines is 12. The molecule has 0 aliphatic carbocycles. The quantitative estimate of drug-likeness (QED) is 0.0379. The van der Waals surface area contributed by atoms with Gasteiger partial charge in [-0.05, 0) is 357 Å². The Bertz CT molecular complexity index is 6940. The first kappa shape index (κ1) is 93.1. The monoisotopic (exact) mass is 1790 g/mol. The minimum atomic E-state index is 0.495. The number of rotatable bonds is 32. The summed E-state index contributed by atoms with van der Waals surface area (Å²) in [5.41, 5.74) is 25.8. The molecule has 11 heteroatoms. The lowest BCUT2D eigenvalue weighted by Gasteiger charge is -2.29. The number of benzene rings is 17. The molecule has 0 saturated heterocycles. The minimum absolute atomic E-state index is 0.495. The average Bonchev–Trinajstić information content (AvgIpc) is 0.777. The van der Waals surface area contributed by atoms with Crippen LogP contribution in [0, 0.1) is 79.3 Å². The molecule has 17 aromatic rings. The first-order valence-corrected chi connectivity index (χ1v) is 46.5. The number of aryl methyl sites for hydroxylation is 1. The molecule has 0 radical (unpaired) electrons. The van der Waals surface area contributed by atoms with E-state index < -0.39 is 0 Å². The van der Waals surface area contributed by atoms with Crippen molar-refractivity contribution in [2.45, 2.75) is 48.5 Å². The fraction of sp³-hybridized carbons (Fsp3) is 0.102. The lowest BCUT2D eigenvalue weighted by Crippen LogP contribution is -2.21. The summed E-state index contributed by atoms with van der Waals surface area (Å²) in [6.07, 6.45) is 16.2. The van der Waals surface area contributed by atoms with E-state index in [1.165, 1.54) is 50.4 Å². The van der Waals surface area contributed by atoms with Crippen molar-refractivity contribution in [3.63, 3.8) is 0 Å². The van der Waals surface area contributed by atoms with Crippen LogP contribution in [0.2, 0.25) is 0 Å². The molecule has 0 amide bonds. The third-order valence-corrected chi connectivity index (χ3v) is 23.8. The number of nitrogens with zero attached hydrogens (tertiary/aromatic N) is 6. The van der Waals surface area contributed by atoms with Crippen LogP contribution in [-0.4, -0.2) is 39.3 Å². The Morgan fingerprint density at radius 1 is 0.203 bits per heavy atom. The zero-order valence-electron chi connectivity index (χ0n) is 78.5. The van der Waals surface area contributed by atoms with Crippen LogP contribution in [0.15, 0.2) is 419 Å². The maximum absolute atomic E-state index is 6.64. The Labute approximate surface area is 813 Å². The highest BCUT2D eigenvalue weighted by Gasteiger charge is 2.26. The highest BCUT2D eigenvalue weighted by molar-refractivity contribution is 5.91. The molecule has 0 bridgehead atoms. The molecule has 17 aromatic carbocycles. The number of terminal acetylenes is 2. The fourth-order valence-corrected chi connectivity index (χ4v) is 16.9. The van der Waals surface area contributed by atoms with Gasteiger partial charge in [0, 0.05) is 103 Å². The lowest BCUT2D eigenvalue weighted by molar-refractivity contribution is 0.483. The molecule has 11 nitrogen and oxygen atoms in total. The van der Waals surface area contributed by atoms with Crippen molar-refractivity contribution in [3.05, 3.63) is 424 Å². The van der Waals surface area contributed by atoms with Crippen LogP contribution in [0.4, 0.5) is 68.2 Å². The third-order valence-electron chi connectivity index (χ3n) is 23.8. The molecule has 0 fully saturated rings. The fourth-order valence-electron chi connectivity index (χ4n) is 16.9. The van der Waals surface area contributed by atoms with Crippen molar-refractivity contribution in [1.29, 1.82) is 0 Å². The van der Waals surface area contributed by atoms with Crippen LogP contribution in [0.3, 0.4) is 0 Å². The molecule has 0 aliphatic heterocycles. The van der Waals surface area contributed by atoms with Crippen LogP contribution in [0.5, 0.6) is 46.0 Å². The van der Waals surface area contributed by atoms with E-state index in [0.29, 0.717) is 45.9 Å². The Kier molecular flexibility index (Phi) is 31.3. The summed E-state index contributed by atoms with van der Waals surface area (Å²) in [6.45, 7) is 21.5. The van der Waals surface area contributed by atoms with Crippen LogP contribution >= 0.6 is 0 Å². The van der Waals surface area contributed by atoms with Crippen molar-refractivity contribution in [2.24, 2.45) is 0 Å². The van der Waals surface area contributed by atoms with Gasteiger partial charge < -0.3 is 53.1 Å². The summed E-state index contributed by atoms with van der Waals surface area (Å²) in [7, 11) is 0. The topological polar surface area (TPSA) is 65.6 Å². The van der Waals surface area contributed by atoms with E-state index in [-0.39, 0.29) is 0 Å². The van der Waals surface area contributed by atoms with Crippen molar-refractivity contribution in [3.8, 4) is 185 Å². The van der Waals surface area contributed by atoms with Gasteiger partial charge in [-0.2, -0.15) is 0 Å². The Balaban J connectivity index is 0.000000294. The standard InChI is InChI=1S/C91H59N3O5.C36H45N3/c1-4-6-8-31-63-95-87-46-26-21-41-82(87)93(85-44-24-29-49-90(85)98-79-36-15-11-16-37-79)76-59-53-70(54-60-76)73-65-72(69-51-57-75(58-52-69)92(81-40-20-19-33-68(81)3)84-43-23-28-48-89(84)97-78-34-13-10-14-35-78)66-74(67-73)71-55-61-77(62-56-71)94(83-42-22-27-47-88(83)96-64-32-9-7-5-2)86-45-25-30-50-91(86)99-80-38-17-12-18-39-80;1-7-37(8-2)34-19-13-28(14-20-34)31-25-32(29-15-21-35(22-16-29)38(9-3)10-4)27-33(26-31)30-17-23-36(24-18-30)39(11-5)12-6/h1-2,10-30,33-62,65-67H,3H3;13-27H,7-12H2,1-6H3. The van der Waals surface area contributed by atoms with Gasteiger partial charge in [0.25, 0.3) is 0 Å². The van der Waals surface area contributed by atoms with Gasteiger partial charge in [0.1, 0.15) is 29.5 Å². The van der Waals surface area contributed by atoms with E-state index in [2.05, 4.69) is 350 Å². The molecule has 0 aromatic heterocycles. The van der Waals surface area contributed by atoms with Gasteiger partial charge in [0.05, 0.1) is 28.4 Å². The largest absolute Gasteiger partial charge is 0.455 e. The molecule has 0 spiro atoms. The Hall–Kier alpha value is -18.1. The van der Waals surface area contributed by atoms with Gasteiger partial charge >= 0.3 is 0 Å². The van der Waals surface area contributed by atoms with Gasteiger partial charge in [-0.15, -0.1) is 12.8 Å². The SMILES string of the molecule is C#CC#CC#COc1ccccc1N(c1ccc(-c2cc(-c3ccc(N(c4ccccc4C)c4ccccc4Oc4ccccc4)cc3)cc(-c3ccc(N(c4ccccc4OC#CC#CC#C)c4ccccc4Oc4ccccc4)cc3)c2)cc1)c1ccccc1Oc1ccccc1.CCN(CC)c1ccc(-c2cc(-c3ccc(N(CC)CC)cc3)cc(-c3ccc(N(CC)CC)cc3)c2)cc1. The van der Waals surface area contributed by atoms with Gasteiger partial charge in [-0.1, -0.05) is 206 Å². The first-order valence-electron chi connectivity index (χ1n) is 46.5. The van der Waals surface area contributed by atoms with E-state index in [4.69, 9.17) is 36.5 Å². The predicted molar refractivity (Wildman–Crippen MR) is 575 cm³/mol. The predicted octanol–water partition coefficient (Wildman–Crippen LogP) is 32.0. The molecular weight excluding hydrogens is 1690 g/mol. The summed E-state index contributed by atoms with van der Waals surface area (Å²) >= 11 is 0. The number of para-hydroxylation sites is 14. The Morgan fingerprint density at radius 2 is 0.413 bits per heavy atom. The molecular formula is C127H104N6O5. The molecule has 0 unspecified atom stereocenters. The van der Waals surface area contributed by atoms with Gasteiger partial charge in [0.15, 0.2) is 28.7 Å². The number of ether oxygens (including phenoxy) is 5. The van der Waals surface area contributed by atoms with Crippen LogP contribution < -0.4 is 53.1 Å². The highest BCUT2D eigenvalue weighted by atomic mass is 16.5. The summed E-state index contributed by atoms with van der Waals surface area (Å²) in [4.78, 5) is 13.6.